The molecule has 2 aromatic carbocycles. The molecule has 1 atom stereocenters. The number of carbonyl (C=O) groups is 2. The lowest BCUT2D eigenvalue weighted by molar-refractivity contribution is -0.140. The summed E-state index contributed by atoms with van der Waals surface area (Å²) in [5.41, 5.74) is 1.52. The third-order valence-electron chi connectivity index (χ3n) is 6.65. The van der Waals surface area contributed by atoms with Crippen LogP contribution in [0.3, 0.4) is 0 Å². The van der Waals surface area contributed by atoms with Crippen LogP contribution in [-0.2, 0) is 14.3 Å². The van der Waals surface area contributed by atoms with Crippen LogP contribution < -0.4 is 24.4 Å². The summed E-state index contributed by atoms with van der Waals surface area (Å²) < 4.78 is 24.2. The average molecular weight is 656 g/mol. The Morgan fingerprint density at radius 2 is 1.86 bits per heavy atom. The van der Waals surface area contributed by atoms with Crippen LogP contribution in [-0.4, -0.2) is 30.2 Å². The van der Waals surface area contributed by atoms with Crippen molar-refractivity contribution in [2.45, 2.75) is 33.7 Å². The van der Waals surface area contributed by atoms with Gasteiger partial charge in [0.1, 0.15) is 11.5 Å². The molecular formula is C32H28Cl2N2O7S. The fourth-order valence-corrected chi connectivity index (χ4v) is 6.00. The van der Waals surface area contributed by atoms with Gasteiger partial charge in [0.15, 0.2) is 16.3 Å². The van der Waals surface area contributed by atoms with Crippen molar-refractivity contribution >= 4 is 52.6 Å². The van der Waals surface area contributed by atoms with Crippen LogP contribution in [0.1, 0.15) is 45.1 Å². The van der Waals surface area contributed by atoms with E-state index >= 15 is 0 Å². The van der Waals surface area contributed by atoms with Gasteiger partial charge in [-0.2, -0.15) is 0 Å². The minimum atomic E-state index is -0.892. The van der Waals surface area contributed by atoms with E-state index in [9.17, 15) is 14.4 Å². The van der Waals surface area contributed by atoms with Crippen molar-refractivity contribution < 1.29 is 28.2 Å². The number of hydrogen-bond donors (Lipinski definition) is 0. The number of carbonyl (C=O) groups excluding carboxylic acids is 2. The van der Waals surface area contributed by atoms with Crippen LogP contribution in [0, 0.1) is 5.92 Å². The van der Waals surface area contributed by atoms with E-state index in [-0.39, 0.29) is 35.2 Å². The summed E-state index contributed by atoms with van der Waals surface area (Å²) in [6.45, 7) is 7.05. The van der Waals surface area contributed by atoms with E-state index in [4.69, 9.17) is 41.8 Å². The molecule has 2 aromatic heterocycles. The molecule has 0 bridgehead atoms. The van der Waals surface area contributed by atoms with E-state index in [1.807, 2.05) is 13.8 Å². The fourth-order valence-electron chi connectivity index (χ4n) is 4.68. The summed E-state index contributed by atoms with van der Waals surface area (Å²) in [6.07, 6.45) is 1.63. The number of halogens is 2. The maximum atomic E-state index is 14.0. The summed E-state index contributed by atoms with van der Waals surface area (Å²) in [4.78, 5) is 44.1. The van der Waals surface area contributed by atoms with Crippen molar-refractivity contribution in [3.05, 3.63) is 101 Å². The van der Waals surface area contributed by atoms with E-state index in [0.29, 0.717) is 42.2 Å². The highest BCUT2D eigenvalue weighted by Gasteiger charge is 2.34. The first-order chi connectivity index (χ1) is 21.0. The lowest BCUT2D eigenvalue weighted by atomic mass is 9.95. The molecule has 5 rings (SSSR count). The third kappa shape index (κ3) is 6.38. The summed E-state index contributed by atoms with van der Waals surface area (Å²) >= 11 is 13.4. The minimum absolute atomic E-state index is 0.102. The molecule has 9 nitrogen and oxygen atoms in total. The number of aromatic nitrogens is 1. The first-order valence-corrected chi connectivity index (χ1v) is 15.1. The zero-order valence-corrected chi connectivity index (χ0v) is 26.8. The van der Waals surface area contributed by atoms with E-state index in [1.165, 1.54) is 18.6 Å². The van der Waals surface area contributed by atoms with Crippen molar-refractivity contribution in [1.29, 1.82) is 0 Å². The van der Waals surface area contributed by atoms with Gasteiger partial charge in [-0.25, -0.2) is 9.79 Å². The van der Waals surface area contributed by atoms with Gasteiger partial charge in [-0.1, -0.05) is 54.5 Å². The Morgan fingerprint density at radius 3 is 2.55 bits per heavy atom. The van der Waals surface area contributed by atoms with Gasteiger partial charge in [0.25, 0.3) is 5.56 Å². The Labute approximate surface area is 266 Å². The zero-order valence-electron chi connectivity index (χ0n) is 24.5. The minimum Gasteiger partial charge on any atom is -0.493 e. The van der Waals surface area contributed by atoms with Crippen molar-refractivity contribution in [2.24, 2.45) is 10.9 Å². The molecule has 44 heavy (non-hydrogen) atoms. The van der Waals surface area contributed by atoms with Gasteiger partial charge in [-0.3, -0.25) is 14.2 Å². The number of allylic oxidation sites excluding steroid dienone is 1. The highest BCUT2D eigenvalue weighted by atomic mass is 35.5. The number of esters is 2. The number of fused-ring (bicyclic) bond motifs is 1. The van der Waals surface area contributed by atoms with E-state index < -0.39 is 18.0 Å². The molecular weight excluding hydrogens is 627 g/mol. The molecule has 4 aromatic rings. The molecule has 3 heterocycles. The van der Waals surface area contributed by atoms with Crippen LogP contribution in [0.25, 0.3) is 17.4 Å². The monoisotopic (exact) mass is 654 g/mol. The largest absolute Gasteiger partial charge is 0.493 e. The van der Waals surface area contributed by atoms with Crippen molar-refractivity contribution in [3.8, 4) is 22.8 Å². The van der Waals surface area contributed by atoms with Crippen LogP contribution in [0.15, 0.2) is 74.0 Å². The van der Waals surface area contributed by atoms with Crippen molar-refractivity contribution in [2.75, 3.05) is 13.7 Å². The maximum Gasteiger partial charge on any atom is 0.338 e. The molecule has 228 valence electrons. The normalized spacial score (nSPS) is 14.8. The van der Waals surface area contributed by atoms with Gasteiger partial charge in [0.05, 0.1) is 45.6 Å². The summed E-state index contributed by atoms with van der Waals surface area (Å²) in [5.74, 6) is 0.451. The lowest BCUT2D eigenvalue weighted by Crippen LogP contribution is -2.40. The van der Waals surface area contributed by atoms with E-state index in [0.717, 1.165) is 16.9 Å². The highest BCUT2D eigenvalue weighted by molar-refractivity contribution is 7.07. The molecule has 0 unspecified atom stereocenters. The summed E-state index contributed by atoms with van der Waals surface area (Å²) in [5, 5.41) is 0.824. The van der Waals surface area contributed by atoms with Crippen LogP contribution in [0.5, 0.6) is 11.5 Å². The molecule has 0 N–H and O–H groups in total. The first kappa shape index (κ1) is 31.3. The van der Waals surface area contributed by atoms with Gasteiger partial charge < -0.3 is 18.6 Å². The predicted molar refractivity (Wildman–Crippen MR) is 168 cm³/mol. The molecule has 1 aliphatic heterocycles. The Balaban J connectivity index is 1.63. The lowest BCUT2D eigenvalue weighted by Gasteiger charge is -2.25. The van der Waals surface area contributed by atoms with E-state index in [2.05, 4.69) is 4.99 Å². The number of methoxy groups -OCH3 is 1. The van der Waals surface area contributed by atoms with Gasteiger partial charge in [-0.15, -0.1) is 0 Å². The number of ether oxygens (including phenoxy) is 3. The smallest absolute Gasteiger partial charge is 0.338 e. The molecule has 0 spiro atoms. The Hall–Kier alpha value is -4.12. The molecule has 0 saturated heterocycles. The SMILES string of the molecule is COc1cc([C@@H]2C(C(=O)OCC(C)C)=C(C)N=c3s/c(=C/c4ccc(-c5ccc(Cl)c(Cl)c5)o4)c(=O)n32)ccc1OC(C)=O. The molecule has 0 fully saturated rings. The standard InChI is InChI=1S/C32H28Cl2N2O7S/c1-16(2)15-41-31(39)28-17(3)35-32-36(29(28)20-7-10-25(42-18(4)37)26(13-20)40-5)30(38)27(44-32)14-21-8-11-24(43-21)19-6-9-22(33)23(34)12-19/h6-14,16,29H,15H2,1-5H3/b27-14+/t29-/m1/s1. The zero-order chi connectivity index (χ0) is 31.7. The second-order valence-electron chi connectivity index (χ2n) is 10.4. The second kappa shape index (κ2) is 12.9. The molecule has 12 heteroatoms. The summed E-state index contributed by atoms with van der Waals surface area (Å²) in [7, 11) is 1.44. The van der Waals surface area contributed by atoms with Crippen molar-refractivity contribution in [1.82, 2.24) is 4.57 Å². The topological polar surface area (TPSA) is 109 Å². The maximum absolute atomic E-state index is 14.0. The number of hydrogen-bond acceptors (Lipinski definition) is 9. The number of rotatable bonds is 8. The second-order valence-corrected chi connectivity index (χ2v) is 12.2. The average Bonchev–Trinajstić information content (AvgIpc) is 3.56. The van der Waals surface area contributed by atoms with Crippen LogP contribution >= 0.6 is 34.5 Å². The fraction of sp³-hybridized carbons (Fsp3) is 0.250. The molecule has 0 amide bonds. The number of benzene rings is 2. The van der Waals surface area contributed by atoms with Crippen LogP contribution in [0.4, 0.5) is 0 Å². The number of nitrogens with zero attached hydrogens (tertiary/aromatic N) is 2. The van der Waals surface area contributed by atoms with Gasteiger partial charge in [-0.05, 0) is 60.9 Å². The molecule has 0 aliphatic carbocycles. The predicted octanol–water partition coefficient (Wildman–Crippen LogP) is 5.94. The number of thiazole rings is 1. The first-order valence-electron chi connectivity index (χ1n) is 13.6. The van der Waals surface area contributed by atoms with Gasteiger partial charge in [0, 0.05) is 18.6 Å². The van der Waals surface area contributed by atoms with Gasteiger partial charge in [0.2, 0.25) is 0 Å². The summed E-state index contributed by atoms with van der Waals surface area (Å²) in [6, 6.07) is 12.7. The molecule has 0 radical (unpaired) electrons. The number of furan rings is 1. The van der Waals surface area contributed by atoms with Crippen LogP contribution in [0.2, 0.25) is 10.0 Å². The Morgan fingerprint density at radius 1 is 1.09 bits per heavy atom. The Bertz CT molecular complexity index is 1990. The van der Waals surface area contributed by atoms with Crippen molar-refractivity contribution in [3.63, 3.8) is 0 Å². The quantitative estimate of drug-likeness (QED) is 0.171. The molecule has 0 saturated carbocycles. The Kier molecular flexibility index (Phi) is 9.15. The van der Waals surface area contributed by atoms with E-state index in [1.54, 1.807) is 61.5 Å². The highest BCUT2D eigenvalue weighted by Crippen LogP contribution is 2.36. The third-order valence-corrected chi connectivity index (χ3v) is 8.37. The van der Waals surface area contributed by atoms with Gasteiger partial charge >= 0.3 is 11.9 Å². The molecule has 1 aliphatic rings.